The van der Waals surface area contributed by atoms with Crippen LogP contribution in [0.4, 0.5) is 5.82 Å². The van der Waals surface area contributed by atoms with Crippen LogP contribution >= 0.6 is 11.6 Å². The summed E-state index contributed by atoms with van der Waals surface area (Å²) in [5.41, 5.74) is 0. The van der Waals surface area contributed by atoms with Crippen LogP contribution in [-0.2, 0) is 14.8 Å². The van der Waals surface area contributed by atoms with E-state index in [9.17, 15) is 8.42 Å². The molecule has 0 aliphatic carbocycles. The zero-order valence-electron chi connectivity index (χ0n) is 12.1. The number of halogens is 1. The van der Waals surface area contributed by atoms with Gasteiger partial charge in [0.1, 0.15) is 10.7 Å². The second-order valence-electron chi connectivity index (χ2n) is 5.02. The largest absolute Gasteiger partial charge is 0.377 e. The summed E-state index contributed by atoms with van der Waals surface area (Å²) >= 11 is 6.07. The lowest BCUT2D eigenvalue weighted by molar-refractivity contribution is 0.117. The van der Waals surface area contributed by atoms with Crippen molar-refractivity contribution in [3.63, 3.8) is 0 Å². The number of pyridine rings is 1. The summed E-state index contributed by atoms with van der Waals surface area (Å²) < 4.78 is 32.6. The van der Waals surface area contributed by atoms with Crippen molar-refractivity contribution in [3.8, 4) is 0 Å². The van der Waals surface area contributed by atoms with E-state index in [1.165, 1.54) is 12.3 Å². The summed E-state index contributed by atoms with van der Waals surface area (Å²) in [5, 5.41) is 3.34. The fourth-order valence-electron chi connectivity index (χ4n) is 2.09. The first-order chi connectivity index (χ1) is 9.94. The molecule has 0 radical (unpaired) electrons. The van der Waals surface area contributed by atoms with E-state index in [-0.39, 0.29) is 17.0 Å². The van der Waals surface area contributed by atoms with Crippen molar-refractivity contribution in [2.24, 2.45) is 0 Å². The number of rotatable bonds is 6. The normalized spacial score (nSPS) is 22.4. The number of hydrogen-bond donors (Lipinski definition) is 2. The van der Waals surface area contributed by atoms with Gasteiger partial charge in [-0.1, -0.05) is 18.5 Å². The average molecular weight is 334 g/mol. The Bertz CT molecular complexity index is 594. The predicted octanol–water partition coefficient (Wildman–Crippen LogP) is 2.01. The zero-order valence-corrected chi connectivity index (χ0v) is 13.7. The summed E-state index contributed by atoms with van der Waals surface area (Å²) in [6.45, 7) is 5.17. The molecule has 6 nitrogen and oxygen atoms in total. The predicted molar refractivity (Wildman–Crippen MR) is 82.2 cm³/mol. The lowest BCUT2D eigenvalue weighted by atomic mass is 10.2. The second-order valence-corrected chi connectivity index (χ2v) is 7.14. The van der Waals surface area contributed by atoms with Gasteiger partial charge in [-0.3, -0.25) is 0 Å². The lowest BCUT2D eigenvalue weighted by Crippen LogP contribution is -2.39. The standard InChI is InChI=1S/C13H20ClN3O3S/c1-3-5-15-13-11(14)7-10(8-16-13)21(18,19)17-12-4-6-20-9(12)2/h7-9,12,17H,3-6H2,1-2H3,(H,15,16). The van der Waals surface area contributed by atoms with Crippen LogP contribution < -0.4 is 10.0 Å². The van der Waals surface area contributed by atoms with Crippen molar-refractivity contribution in [1.82, 2.24) is 9.71 Å². The molecule has 0 bridgehead atoms. The lowest BCUT2D eigenvalue weighted by Gasteiger charge is -2.16. The monoisotopic (exact) mass is 333 g/mol. The number of hydrogen-bond acceptors (Lipinski definition) is 5. The smallest absolute Gasteiger partial charge is 0.242 e. The third-order valence-corrected chi connectivity index (χ3v) is 5.10. The summed E-state index contributed by atoms with van der Waals surface area (Å²) in [4.78, 5) is 4.15. The Morgan fingerprint density at radius 3 is 2.86 bits per heavy atom. The molecule has 1 saturated heterocycles. The van der Waals surface area contributed by atoms with Gasteiger partial charge in [-0.15, -0.1) is 0 Å². The minimum absolute atomic E-state index is 0.0636. The highest BCUT2D eigenvalue weighted by atomic mass is 35.5. The molecule has 1 aromatic heterocycles. The van der Waals surface area contributed by atoms with E-state index in [4.69, 9.17) is 16.3 Å². The molecule has 2 heterocycles. The van der Waals surface area contributed by atoms with Gasteiger partial charge in [-0.25, -0.2) is 18.1 Å². The second kappa shape index (κ2) is 6.91. The first kappa shape index (κ1) is 16.5. The quantitative estimate of drug-likeness (QED) is 0.832. The van der Waals surface area contributed by atoms with E-state index < -0.39 is 10.0 Å². The fraction of sp³-hybridized carbons (Fsp3) is 0.615. The highest BCUT2D eigenvalue weighted by molar-refractivity contribution is 7.89. The Kier molecular flexibility index (Phi) is 5.43. The van der Waals surface area contributed by atoms with Crippen molar-refractivity contribution in [2.75, 3.05) is 18.5 Å². The Morgan fingerprint density at radius 2 is 2.29 bits per heavy atom. The van der Waals surface area contributed by atoms with E-state index in [0.29, 0.717) is 23.9 Å². The Balaban J connectivity index is 2.14. The Hall–Kier alpha value is -0.890. The topological polar surface area (TPSA) is 80.3 Å². The highest BCUT2D eigenvalue weighted by Gasteiger charge is 2.29. The van der Waals surface area contributed by atoms with Crippen LogP contribution in [0.5, 0.6) is 0 Å². The molecule has 0 aromatic carbocycles. The molecule has 1 fully saturated rings. The number of aromatic nitrogens is 1. The van der Waals surface area contributed by atoms with Crippen LogP contribution in [0.15, 0.2) is 17.2 Å². The molecule has 0 amide bonds. The molecule has 2 atom stereocenters. The molecule has 2 N–H and O–H groups in total. The molecular formula is C13H20ClN3O3S. The van der Waals surface area contributed by atoms with Crippen molar-refractivity contribution < 1.29 is 13.2 Å². The molecule has 1 aromatic rings. The third kappa shape index (κ3) is 4.06. The van der Waals surface area contributed by atoms with E-state index in [1.54, 1.807) is 0 Å². The summed E-state index contributed by atoms with van der Waals surface area (Å²) in [5.74, 6) is 0.495. The van der Waals surface area contributed by atoms with Gasteiger partial charge in [0.25, 0.3) is 0 Å². The number of nitrogens with one attached hydrogen (secondary N) is 2. The van der Waals surface area contributed by atoms with Gasteiger partial charge < -0.3 is 10.1 Å². The van der Waals surface area contributed by atoms with E-state index in [2.05, 4.69) is 15.0 Å². The average Bonchev–Trinajstić information content (AvgIpc) is 2.82. The van der Waals surface area contributed by atoms with Crippen molar-refractivity contribution in [2.45, 2.75) is 43.7 Å². The van der Waals surface area contributed by atoms with Gasteiger partial charge in [-0.2, -0.15) is 0 Å². The SMILES string of the molecule is CCCNc1ncc(S(=O)(=O)NC2CCOC2C)cc1Cl. The maximum Gasteiger partial charge on any atom is 0.242 e. The van der Waals surface area contributed by atoms with Gasteiger partial charge in [-0.05, 0) is 25.8 Å². The van der Waals surface area contributed by atoms with E-state index >= 15 is 0 Å². The first-order valence-electron chi connectivity index (χ1n) is 6.97. The van der Waals surface area contributed by atoms with Crippen LogP contribution in [0, 0.1) is 0 Å². The minimum atomic E-state index is -3.64. The molecule has 0 spiro atoms. The number of anilines is 1. The Morgan fingerprint density at radius 1 is 1.52 bits per heavy atom. The zero-order chi connectivity index (χ0) is 15.5. The molecule has 1 aliphatic rings. The third-order valence-electron chi connectivity index (χ3n) is 3.35. The highest BCUT2D eigenvalue weighted by Crippen LogP contribution is 2.23. The van der Waals surface area contributed by atoms with E-state index in [0.717, 1.165) is 13.0 Å². The molecular weight excluding hydrogens is 314 g/mol. The molecule has 1 aliphatic heterocycles. The van der Waals surface area contributed by atoms with Gasteiger partial charge in [0, 0.05) is 19.3 Å². The minimum Gasteiger partial charge on any atom is -0.377 e. The van der Waals surface area contributed by atoms with Crippen molar-refractivity contribution in [1.29, 1.82) is 0 Å². The van der Waals surface area contributed by atoms with Crippen molar-refractivity contribution >= 4 is 27.4 Å². The van der Waals surface area contributed by atoms with Gasteiger partial charge in [0.2, 0.25) is 10.0 Å². The van der Waals surface area contributed by atoms with Crippen LogP contribution in [-0.4, -0.2) is 38.7 Å². The molecule has 2 unspecified atom stereocenters. The fourth-order valence-corrected chi connectivity index (χ4v) is 3.70. The number of nitrogens with zero attached hydrogens (tertiary/aromatic N) is 1. The Labute approximate surface area is 130 Å². The molecule has 0 saturated carbocycles. The number of sulfonamides is 1. The van der Waals surface area contributed by atoms with Crippen LogP contribution in [0.3, 0.4) is 0 Å². The molecule has 21 heavy (non-hydrogen) atoms. The summed E-state index contributed by atoms with van der Waals surface area (Å²) in [6, 6.07) is 1.20. The number of ether oxygens (including phenoxy) is 1. The molecule has 118 valence electrons. The summed E-state index contributed by atoms with van der Waals surface area (Å²) in [7, 11) is -3.64. The molecule has 8 heteroatoms. The van der Waals surface area contributed by atoms with Gasteiger partial charge in [0.15, 0.2) is 0 Å². The van der Waals surface area contributed by atoms with Crippen LogP contribution in [0.2, 0.25) is 5.02 Å². The van der Waals surface area contributed by atoms with Crippen LogP contribution in [0.25, 0.3) is 0 Å². The van der Waals surface area contributed by atoms with Crippen molar-refractivity contribution in [3.05, 3.63) is 17.3 Å². The maximum absolute atomic E-state index is 12.3. The van der Waals surface area contributed by atoms with E-state index in [1.807, 2.05) is 13.8 Å². The van der Waals surface area contributed by atoms with Crippen LogP contribution in [0.1, 0.15) is 26.7 Å². The maximum atomic E-state index is 12.3. The molecule has 2 rings (SSSR count). The van der Waals surface area contributed by atoms with Gasteiger partial charge in [0.05, 0.1) is 17.2 Å². The first-order valence-corrected chi connectivity index (χ1v) is 8.83. The summed E-state index contributed by atoms with van der Waals surface area (Å²) in [6.07, 6.45) is 2.78. The van der Waals surface area contributed by atoms with Gasteiger partial charge >= 0.3 is 0 Å².